The fourth-order valence-corrected chi connectivity index (χ4v) is 4.47. The molecule has 0 aliphatic rings. The van der Waals surface area contributed by atoms with Crippen LogP contribution in [0, 0.1) is 0 Å². The maximum atomic E-state index is 13.9. The number of nitrogens with zero attached hydrogens (tertiary/aromatic N) is 3. The molecule has 3 aromatic rings. The number of benzene rings is 2. The van der Waals surface area contributed by atoms with Gasteiger partial charge in [0.15, 0.2) is 0 Å². The third kappa shape index (κ3) is 4.74. The van der Waals surface area contributed by atoms with E-state index in [0.29, 0.717) is 18.5 Å². The van der Waals surface area contributed by atoms with Crippen LogP contribution in [0.4, 0.5) is 4.79 Å². The molecule has 0 radical (unpaired) electrons. The highest BCUT2D eigenvalue weighted by Crippen LogP contribution is 2.34. The smallest absolute Gasteiger partial charge is 0.408 e. The second-order valence-electron chi connectivity index (χ2n) is 8.91. The highest BCUT2D eigenvalue weighted by atomic mass is 35.5. The minimum absolute atomic E-state index is 0.0928. The molecular formula is C24H26Cl2N4O4. The van der Waals surface area contributed by atoms with Crippen molar-refractivity contribution in [1.29, 1.82) is 0 Å². The fraction of sp³-hybridized carbons (Fsp3) is 0.333. The maximum Gasteiger partial charge on any atom is 0.408 e. The molecule has 0 aliphatic carbocycles. The number of fused-ring (bicyclic) bond motifs is 1. The van der Waals surface area contributed by atoms with Crippen molar-refractivity contribution in [1.82, 2.24) is 14.5 Å². The van der Waals surface area contributed by atoms with Crippen molar-refractivity contribution in [2.45, 2.75) is 52.1 Å². The monoisotopic (exact) mass is 504 g/mol. The van der Waals surface area contributed by atoms with Crippen molar-refractivity contribution in [3.63, 3.8) is 0 Å². The van der Waals surface area contributed by atoms with Gasteiger partial charge in [-0.2, -0.15) is 0 Å². The molecule has 0 spiro atoms. The zero-order chi connectivity index (χ0) is 25.4. The Morgan fingerprint density at radius 2 is 1.82 bits per heavy atom. The molecule has 2 amide bonds. The van der Waals surface area contributed by atoms with Crippen LogP contribution < -0.4 is 11.3 Å². The molecule has 0 saturated heterocycles. The Morgan fingerprint density at radius 3 is 2.38 bits per heavy atom. The number of hydrogen-bond acceptors (Lipinski definition) is 4. The zero-order valence-electron chi connectivity index (χ0n) is 19.3. The van der Waals surface area contributed by atoms with E-state index in [0.717, 1.165) is 0 Å². The van der Waals surface area contributed by atoms with E-state index in [9.17, 15) is 19.5 Å². The van der Waals surface area contributed by atoms with Crippen LogP contribution in [0.2, 0.25) is 10.0 Å². The summed E-state index contributed by atoms with van der Waals surface area (Å²) in [6, 6.07) is 8.43. The molecule has 1 aromatic heterocycles. The maximum absolute atomic E-state index is 13.9. The van der Waals surface area contributed by atoms with Crippen LogP contribution in [-0.2, 0) is 0 Å². The summed E-state index contributed by atoms with van der Waals surface area (Å²) in [4.78, 5) is 44.1. The zero-order valence-corrected chi connectivity index (χ0v) is 20.8. The van der Waals surface area contributed by atoms with Gasteiger partial charge in [0.05, 0.1) is 32.7 Å². The highest BCUT2D eigenvalue weighted by Gasteiger charge is 2.37. The Morgan fingerprint density at radius 1 is 1.18 bits per heavy atom. The van der Waals surface area contributed by atoms with Gasteiger partial charge in [-0.25, -0.2) is 9.78 Å². The van der Waals surface area contributed by atoms with Gasteiger partial charge in [0, 0.05) is 11.1 Å². The summed E-state index contributed by atoms with van der Waals surface area (Å²) in [6.07, 6.45) is -0.159. The number of carboxylic acid groups (broad SMARTS) is 1. The number of amides is 2. The van der Waals surface area contributed by atoms with Crippen molar-refractivity contribution < 1.29 is 14.7 Å². The molecule has 34 heavy (non-hydrogen) atoms. The molecule has 2 aromatic carbocycles. The van der Waals surface area contributed by atoms with Gasteiger partial charge in [0.25, 0.3) is 5.56 Å². The summed E-state index contributed by atoms with van der Waals surface area (Å²) in [5.41, 5.74) is 4.79. The number of nitrogens with two attached hydrogens (primary N) is 1. The average Bonchev–Trinajstić information content (AvgIpc) is 2.74. The topological polar surface area (TPSA) is 119 Å². The Balaban J connectivity index is 2.51. The van der Waals surface area contributed by atoms with E-state index in [1.165, 1.54) is 33.7 Å². The van der Waals surface area contributed by atoms with Crippen molar-refractivity contribution in [2.24, 2.45) is 5.73 Å². The standard InChI is InChI=1S/C24H26Cl2N4O4/c1-5-7-17(30(23(33)34)24(2,3)4)21-28-19-16(26)11-10-15(25)18(19)22(32)29(21)14-9-6-8-13(12-14)20(27)31/h6,8-12,17H,5,7H2,1-4H3,(H2,27,31)(H,33,34). The summed E-state index contributed by atoms with van der Waals surface area (Å²) < 4.78 is 1.29. The first-order valence-corrected chi connectivity index (χ1v) is 11.5. The first-order valence-electron chi connectivity index (χ1n) is 10.7. The SMILES string of the molecule is CCCC(c1nc2c(Cl)ccc(Cl)c2c(=O)n1-c1cccc(C(N)=O)c1)N(C(=O)O)C(C)(C)C. The lowest BCUT2D eigenvalue weighted by Crippen LogP contribution is -2.48. The molecule has 0 bridgehead atoms. The summed E-state index contributed by atoms with van der Waals surface area (Å²) in [6.45, 7) is 7.22. The van der Waals surface area contributed by atoms with Crippen LogP contribution in [0.1, 0.15) is 62.8 Å². The van der Waals surface area contributed by atoms with E-state index in [4.69, 9.17) is 33.9 Å². The van der Waals surface area contributed by atoms with E-state index < -0.39 is 29.1 Å². The quantitative estimate of drug-likeness (QED) is 0.464. The lowest BCUT2D eigenvalue weighted by atomic mass is 9.99. The summed E-state index contributed by atoms with van der Waals surface area (Å²) in [5, 5.41) is 10.6. The molecule has 0 fully saturated rings. The van der Waals surface area contributed by atoms with Gasteiger partial charge < -0.3 is 10.8 Å². The lowest BCUT2D eigenvalue weighted by Gasteiger charge is -2.40. The van der Waals surface area contributed by atoms with Crippen molar-refractivity contribution >= 4 is 46.1 Å². The Hall–Kier alpha value is -3.10. The Labute approximate surface area is 206 Å². The van der Waals surface area contributed by atoms with Crippen molar-refractivity contribution in [3.05, 3.63) is 68.2 Å². The van der Waals surface area contributed by atoms with Crippen LogP contribution in [0.3, 0.4) is 0 Å². The molecule has 3 rings (SSSR count). The molecule has 180 valence electrons. The van der Waals surface area contributed by atoms with Crippen molar-refractivity contribution in [3.8, 4) is 5.69 Å². The normalized spacial score (nSPS) is 12.5. The minimum atomic E-state index is -1.16. The summed E-state index contributed by atoms with van der Waals surface area (Å²) in [7, 11) is 0. The minimum Gasteiger partial charge on any atom is -0.465 e. The van der Waals surface area contributed by atoms with Crippen molar-refractivity contribution in [2.75, 3.05) is 0 Å². The van der Waals surface area contributed by atoms with Crippen LogP contribution in [-0.4, -0.2) is 37.1 Å². The number of primary amides is 1. The largest absolute Gasteiger partial charge is 0.465 e. The molecule has 1 unspecified atom stereocenters. The van der Waals surface area contributed by atoms with Crippen LogP contribution in [0.15, 0.2) is 41.2 Å². The number of carbonyl (C=O) groups is 2. The molecule has 3 N–H and O–H groups in total. The Kier molecular flexibility index (Phi) is 7.24. The van der Waals surface area contributed by atoms with E-state index in [1.807, 2.05) is 6.92 Å². The third-order valence-corrected chi connectivity index (χ3v) is 6.06. The fourth-order valence-electron chi connectivity index (χ4n) is 4.04. The highest BCUT2D eigenvalue weighted by molar-refractivity contribution is 6.39. The van der Waals surface area contributed by atoms with E-state index >= 15 is 0 Å². The predicted molar refractivity (Wildman–Crippen MR) is 133 cm³/mol. The van der Waals surface area contributed by atoms with Gasteiger partial charge in [0.1, 0.15) is 5.82 Å². The second kappa shape index (κ2) is 9.64. The second-order valence-corrected chi connectivity index (χ2v) is 9.72. The number of rotatable bonds is 6. The van der Waals surface area contributed by atoms with Gasteiger partial charge in [0.2, 0.25) is 5.91 Å². The molecule has 8 nitrogen and oxygen atoms in total. The molecular weight excluding hydrogens is 479 g/mol. The van der Waals surface area contributed by atoms with E-state index in [1.54, 1.807) is 32.9 Å². The molecule has 1 heterocycles. The predicted octanol–water partition coefficient (Wildman–Crippen LogP) is 5.41. The molecule has 0 aliphatic heterocycles. The number of hydrogen-bond donors (Lipinski definition) is 2. The average molecular weight is 505 g/mol. The van der Waals surface area contributed by atoms with Gasteiger partial charge in [-0.05, 0) is 57.5 Å². The van der Waals surface area contributed by atoms with Gasteiger partial charge >= 0.3 is 6.09 Å². The number of carbonyl (C=O) groups excluding carboxylic acids is 1. The summed E-state index contributed by atoms with van der Waals surface area (Å²) >= 11 is 12.8. The molecule has 1 atom stereocenters. The van der Waals surface area contributed by atoms with Crippen LogP contribution >= 0.6 is 23.2 Å². The Bertz CT molecular complexity index is 1330. The third-order valence-electron chi connectivity index (χ3n) is 5.44. The van der Waals surface area contributed by atoms with E-state index in [-0.39, 0.29) is 32.3 Å². The first kappa shape index (κ1) is 25.5. The molecule has 10 heteroatoms. The summed E-state index contributed by atoms with van der Waals surface area (Å²) in [5.74, 6) is -0.499. The lowest BCUT2D eigenvalue weighted by molar-refractivity contribution is 0.0627. The van der Waals surface area contributed by atoms with Gasteiger partial charge in [-0.3, -0.25) is 19.1 Å². The van der Waals surface area contributed by atoms with Crippen LogP contribution in [0.5, 0.6) is 0 Å². The van der Waals surface area contributed by atoms with E-state index in [2.05, 4.69) is 0 Å². The number of aromatic nitrogens is 2. The first-order chi connectivity index (χ1) is 15.9. The van der Waals surface area contributed by atoms with Gasteiger partial charge in [-0.1, -0.05) is 42.6 Å². The number of halogens is 2. The van der Waals surface area contributed by atoms with Gasteiger partial charge in [-0.15, -0.1) is 0 Å². The molecule has 0 saturated carbocycles. The van der Waals surface area contributed by atoms with Crippen LogP contribution in [0.25, 0.3) is 16.6 Å².